The number of carbonyl (C=O) groups is 1. The maximum Gasteiger partial charge on any atom is 0.287 e. The van der Waals surface area contributed by atoms with Gasteiger partial charge in [-0.05, 0) is 43.5 Å². The van der Waals surface area contributed by atoms with Crippen molar-refractivity contribution in [3.8, 4) is 11.3 Å². The Hall–Kier alpha value is -1.78. The van der Waals surface area contributed by atoms with Gasteiger partial charge in [-0.25, -0.2) is 0 Å². The third-order valence-corrected chi connectivity index (χ3v) is 3.39. The topological polar surface area (TPSA) is 68.3 Å². The van der Waals surface area contributed by atoms with E-state index in [4.69, 9.17) is 10.2 Å². The van der Waals surface area contributed by atoms with Gasteiger partial charge in [-0.15, -0.1) is 12.4 Å². The number of nitrogens with two attached hydrogens (primary N) is 1. The minimum Gasteiger partial charge on any atom is -0.451 e. The van der Waals surface area contributed by atoms with Gasteiger partial charge in [0.1, 0.15) is 5.76 Å². The Morgan fingerprint density at radius 2 is 1.86 bits per heavy atom. The molecular weight excluding hydrogens is 300 g/mol. The maximum absolute atomic E-state index is 11.9. The summed E-state index contributed by atoms with van der Waals surface area (Å²) in [5, 5.41) is 2.83. The lowest BCUT2D eigenvalue weighted by Crippen LogP contribution is -2.24. The van der Waals surface area contributed by atoms with E-state index in [0.717, 1.165) is 24.8 Å². The van der Waals surface area contributed by atoms with Gasteiger partial charge < -0.3 is 15.5 Å². The summed E-state index contributed by atoms with van der Waals surface area (Å²) in [4.78, 5) is 11.9. The summed E-state index contributed by atoms with van der Waals surface area (Å²) >= 11 is 0. The van der Waals surface area contributed by atoms with E-state index >= 15 is 0 Å². The summed E-state index contributed by atoms with van der Waals surface area (Å²) < 4.78 is 5.63. The molecule has 0 bridgehead atoms. The average molecular weight is 323 g/mol. The summed E-state index contributed by atoms with van der Waals surface area (Å²) in [6.45, 7) is 3.39. The predicted molar refractivity (Wildman–Crippen MR) is 91.4 cm³/mol. The number of unbranched alkanes of at least 4 members (excludes halogenated alkanes) is 1. The smallest absolute Gasteiger partial charge is 0.287 e. The van der Waals surface area contributed by atoms with Crippen LogP contribution >= 0.6 is 12.4 Å². The molecule has 1 amide bonds. The molecule has 0 aliphatic rings. The molecule has 22 heavy (non-hydrogen) atoms. The summed E-state index contributed by atoms with van der Waals surface area (Å²) in [5.41, 5.74) is 7.68. The molecule has 0 aliphatic carbocycles. The second-order valence-electron chi connectivity index (χ2n) is 4.97. The van der Waals surface area contributed by atoms with Crippen molar-refractivity contribution in [3.05, 3.63) is 47.7 Å². The fourth-order valence-electron chi connectivity index (χ4n) is 2.08. The minimum atomic E-state index is -0.177. The van der Waals surface area contributed by atoms with Crippen LogP contribution in [0.3, 0.4) is 0 Å². The molecule has 5 heteroatoms. The van der Waals surface area contributed by atoms with Crippen molar-refractivity contribution in [1.29, 1.82) is 0 Å². The number of rotatable bonds is 7. The van der Waals surface area contributed by atoms with Crippen molar-refractivity contribution in [1.82, 2.24) is 5.32 Å². The van der Waals surface area contributed by atoms with Gasteiger partial charge in [-0.2, -0.15) is 0 Å². The first-order chi connectivity index (χ1) is 10.2. The number of nitrogens with one attached hydrogen (secondary N) is 1. The highest BCUT2D eigenvalue weighted by molar-refractivity contribution is 5.92. The van der Waals surface area contributed by atoms with E-state index in [1.807, 2.05) is 18.2 Å². The summed E-state index contributed by atoms with van der Waals surface area (Å²) in [5.74, 6) is 0.880. The number of aryl methyl sites for hydroxylation is 1. The number of furan rings is 1. The van der Waals surface area contributed by atoms with Crippen LogP contribution in [0.4, 0.5) is 0 Å². The number of halogens is 1. The Kier molecular flexibility index (Phi) is 7.71. The first-order valence-corrected chi connectivity index (χ1v) is 7.42. The zero-order valence-electron chi connectivity index (χ0n) is 12.8. The molecule has 1 aromatic carbocycles. The zero-order chi connectivity index (χ0) is 15.1. The van der Waals surface area contributed by atoms with E-state index in [1.165, 1.54) is 5.56 Å². The van der Waals surface area contributed by atoms with Gasteiger partial charge in [-0.1, -0.05) is 31.2 Å². The number of benzene rings is 1. The normalized spacial score (nSPS) is 10.1. The van der Waals surface area contributed by atoms with E-state index in [0.29, 0.717) is 24.6 Å². The van der Waals surface area contributed by atoms with Crippen LogP contribution in [0.5, 0.6) is 0 Å². The lowest BCUT2D eigenvalue weighted by atomic mass is 10.1. The standard InChI is InChI=1S/C17H22N2O2.ClH/c1-2-13-5-7-14(8-6-13)15-9-10-16(21-15)17(20)19-12-4-3-11-18;/h5-10H,2-4,11-12,18H2,1H3,(H,19,20);1H. The van der Waals surface area contributed by atoms with E-state index in [2.05, 4.69) is 24.4 Å². The highest BCUT2D eigenvalue weighted by Gasteiger charge is 2.11. The summed E-state index contributed by atoms with van der Waals surface area (Å²) in [6.07, 6.45) is 2.80. The van der Waals surface area contributed by atoms with Crippen LogP contribution in [0.2, 0.25) is 0 Å². The Morgan fingerprint density at radius 1 is 1.14 bits per heavy atom. The van der Waals surface area contributed by atoms with E-state index < -0.39 is 0 Å². The molecule has 0 unspecified atom stereocenters. The monoisotopic (exact) mass is 322 g/mol. The lowest BCUT2D eigenvalue weighted by Gasteiger charge is -2.02. The van der Waals surface area contributed by atoms with Crippen LogP contribution in [-0.2, 0) is 6.42 Å². The van der Waals surface area contributed by atoms with Crippen LogP contribution in [-0.4, -0.2) is 19.0 Å². The van der Waals surface area contributed by atoms with E-state index in [1.54, 1.807) is 6.07 Å². The van der Waals surface area contributed by atoms with E-state index in [9.17, 15) is 4.79 Å². The highest BCUT2D eigenvalue weighted by atomic mass is 35.5. The second kappa shape index (κ2) is 9.28. The molecule has 0 aliphatic heterocycles. The van der Waals surface area contributed by atoms with Gasteiger partial charge in [0.25, 0.3) is 5.91 Å². The fourth-order valence-corrected chi connectivity index (χ4v) is 2.08. The SMILES string of the molecule is CCc1ccc(-c2ccc(C(=O)NCCCCN)o2)cc1.Cl. The largest absolute Gasteiger partial charge is 0.451 e. The molecule has 0 radical (unpaired) electrons. The molecule has 1 aromatic heterocycles. The molecule has 120 valence electrons. The van der Waals surface area contributed by atoms with Gasteiger partial charge >= 0.3 is 0 Å². The van der Waals surface area contributed by atoms with Crippen LogP contribution in [0.15, 0.2) is 40.8 Å². The van der Waals surface area contributed by atoms with Gasteiger partial charge in [-0.3, -0.25) is 4.79 Å². The van der Waals surface area contributed by atoms with Crippen molar-refractivity contribution >= 4 is 18.3 Å². The van der Waals surface area contributed by atoms with Gasteiger partial charge in [0.15, 0.2) is 5.76 Å². The lowest BCUT2D eigenvalue weighted by molar-refractivity contribution is 0.0926. The Bertz CT molecular complexity index is 579. The fraction of sp³-hybridized carbons (Fsp3) is 0.353. The van der Waals surface area contributed by atoms with Crippen molar-refractivity contribution < 1.29 is 9.21 Å². The molecule has 2 aromatic rings. The number of amides is 1. The van der Waals surface area contributed by atoms with Crippen LogP contribution in [0, 0.1) is 0 Å². The summed E-state index contributed by atoms with van der Waals surface area (Å²) in [7, 11) is 0. The van der Waals surface area contributed by atoms with Gasteiger partial charge in [0.05, 0.1) is 0 Å². The molecule has 0 atom stereocenters. The molecule has 4 nitrogen and oxygen atoms in total. The molecule has 1 heterocycles. The van der Waals surface area contributed by atoms with Gasteiger partial charge in [0.2, 0.25) is 0 Å². The molecule has 0 spiro atoms. The van der Waals surface area contributed by atoms with Crippen molar-refractivity contribution in [2.75, 3.05) is 13.1 Å². The average Bonchev–Trinajstić information content (AvgIpc) is 3.01. The summed E-state index contributed by atoms with van der Waals surface area (Å²) in [6, 6.07) is 11.7. The highest BCUT2D eigenvalue weighted by Crippen LogP contribution is 2.22. The minimum absolute atomic E-state index is 0. The molecule has 0 fully saturated rings. The molecule has 0 saturated heterocycles. The van der Waals surface area contributed by atoms with Crippen molar-refractivity contribution in [3.63, 3.8) is 0 Å². The zero-order valence-corrected chi connectivity index (χ0v) is 13.6. The maximum atomic E-state index is 11.9. The van der Waals surface area contributed by atoms with Crippen LogP contribution < -0.4 is 11.1 Å². The van der Waals surface area contributed by atoms with Crippen molar-refractivity contribution in [2.24, 2.45) is 5.73 Å². The Morgan fingerprint density at radius 3 is 2.50 bits per heavy atom. The Balaban J connectivity index is 0.00000242. The Labute approximate surface area is 137 Å². The number of hydrogen-bond donors (Lipinski definition) is 2. The molecule has 3 N–H and O–H groups in total. The number of carbonyl (C=O) groups excluding carboxylic acids is 1. The molecule has 0 saturated carbocycles. The first kappa shape index (κ1) is 18.3. The van der Waals surface area contributed by atoms with Gasteiger partial charge in [0, 0.05) is 12.1 Å². The van der Waals surface area contributed by atoms with Crippen LogP contribution in [0.1, 0.15) is 35.9 Å². The molecular formula is C17H23ClN2O2. The second-order valence-corrected chi connectivity index (χ2v) is 4.97. The quantitative estimate of drug-likeness (QED) is 0.768. The van der Waals surface area contributed by atoms with Crippen LogP contribution in [0.25, 0.3) is 11.3 Å². The predicted octanol–water partition coefficient (Wildman–Crippen LogP) is 3.40. The third-order valence-electron chi connectivity index (χ3n) is 3.39. The van der Waals surface area contributed by atoms with Crippen molar-refractivity contribution in [2.45, 2.75) is 26.2 Å². The third kappa shape index (κ3) is 4.90. The molecule has 2 rings (SSSR count). The number of hydrogen-bond acceptors (Lipinski definition) is 3. The van der Waals surface area contributed by atoms with E-state index in [-0.39, 0.29) is 18.3 Å². The first-order valence-electron chi connectivity index (χ1n) is 7.42.